The smallest absolute Gasteiger partial charge is 0.137 e. The number of phenolic OH excluding ortho intramolecular Hbond substituents is 1. The molecule has 0 fully saturated rings. The predicted octanol–water partition coefficient (Wildman–Crippen LogP) is 3.01. The molecule has 4 nitrogen and oxygen atoms in total. The second kappa shape index (κ2) is 5.69. The Balaban J connectivity index is 2.10. The van der Waals surface area contributed by atoms with Crippen LogP contribution in [0.3, 0.4) is 0 Å². The van der Waals surface area contributed by atoms with Gasteiger partial charge in [0.1, 0.15) is 23.0 Å². The molecule has 1 heterocycles. The molecule has 0 unspecified atom stereocenters. The van der Waals surface area contributed by atoms with Gasteiger partial charge in [0, 0.05) is 12.1 Å². The molecule has 0 saturated carbocycles. The highest BCUT2D eigenvalue weighted by Gasteiger charge is 2.07. The lowest BCUT2D eigenvalue weighted by atomic mass is 10.2. The summed E-state index contributed by atoms with van der Waals surface area (Å²) in [7, 11) is 0. The first-order valence-electron chi connectivity index (χ1n) is 5.72. The minimum absolute atomic E-state index is 0.262. The van der Waals surface area contributed by atoms with Crippen molar-refractivity contribution in [2.75, 3.05) is 5.32 Å². The van der Waals surface area contributed by atoms with E-state index in [1.165, 1.54) is 6.33 Å². The third-order valence-electron chi connectivity index (χ3n) is 2.64. The molecule has 0 aliphatic heterocycles. The third-order valence-corrected chi connectivity index (χ3v) is 2.97. The SMILES string of the molecule is CCc1c(Cl)ncnc1NCc1ccc(O)cc1. The quantitative estimate of drug-likeness (QED) is 0.833. The molecule has 0 saturated heterocycles. The number of halogens is 1. The zero-order valence-corrected chi connectivity index (χ0v) is 10.8. The Morgan fingerprint density at radius 1 is 1.22 bits per heavy atom. The molecule has 0 aliphatic carbocycles. The van der Waals surface area contributed by atoms with E-state index in [1.807, 2.05) is 19.1 Å². The van der Waals surface area contributed by atoms with Gasteiger partial charge in [-0.1, -0.05) is 30.7 Å². The van der Waals surface area contributed by atoms with E-state index in [9.17, 15) is 5.11 Å². The van der Waals surface area contributed by atoms with Crippen molar-refractivity contribution < 1.29 is 5.11 Å². The first-order chi connectivity index (χ1) is 8.70. The fourth-order valence-electron chi connectivity index (χ4n) is 1.66. The number of nitrogens with one attached hydrogen (secondary N) is 1. The monoisotopic (exact) mass is 263 g/mol. The van der Waals surface area contributed by atoms with E-state index in [0.29, 0.717) is 11.7 Å². The van der Waals surface area contributed by atoms with E-state index in [0.717, 1.165) is 23.4 Å². The molecule has 0 radical (unpaired) electrons. The number of hydrogen-bond acceptors (Lipinski definition) is 4. The summed E-state index contributed by atoms with van der Waals surface area (Å²) < 4.78 is 0. The Morgan fingerprint density at radius 3 is 2.61 bits per heavy atom. The lowest BCUT2D eigenvalue weighted by Crippen LogP contribution is -2.05. The highest BCUT2D eigenvalue weighted by atomic mass is 35.5. The summed E-state index contributed by atoms with van der Waals surface area (Å²) in [5.41, 5.74) is 1.97. The molecule has 0 aliphatic rings. The largest absolute Gasteiger partial charge is 0.508 e. The highest BCUT2D eigenvalue weighted by molar-refractivity contribution is 6.30. The van der Waals surface area contributed by atoms with Gasteiger partial charge in [-0.25, -0.2) is 9.97 Å². The van der Waals surface area contributed by atoms with Crippen LogP contribution in [0.5, 0.6) is 5.75 Å². The fourth-order valence-corrected chi connectivity index (χ4v) is 1.92. The molecule has 18 heavy (non-hydrogen) atoms. The molecule has 0 atom stereocenters. The van der Waals surface area contributed by atoms with E-state index < -0.39 is 0 Å². The van der Waals surface area contributed by atoms with Crippen LogP contribution in [0.2, 0.25) is 5.15 Å². The number of hydrogen-bond donors (Lipinski definition) is 2. The van der Waals surface area contributed by atoms with E-state index in [4.69, 9.17) is 11.6 Å². The van der Waals surface area contributed by atoms with Gasteiger partial charge in [0.05, 0.1) is 0 Å². The van der Waals surface area contributed by atoms with Crippen LogP contribution >= 0.6 is 11.6 Å². The molecular weight excluding hydrogens is 250 g/mol. The van der Waals surface area contributed by atoms with Crippen LogP contribution in [-0.2, 0) is 13.0 Å². The van der Waals surface area contributed by atoms with E-state index in [1.54, 1.807) is 12.1 Å². The summed E-state index contributed by atoms with van der Waals surface area (Å²) in [4.78, 5) is 8.15. The Bertz CT molecular complexity index is 528. The van der Waals surface area contributed by atoms with E-state index in [2.05, 4.69) is 15.3 Å². The third kappa shape index (κ3) is 2.90. The Morgan fingerprint density at radius 2 is 1.94 bits per heavy atom. The van der Waals surface area contributed by atoms with Gasteiger partial charge >= 0.3 is 0 Å². The zero-order valence-electron chi connectivity index (χ0n) is 10.0. The van der Waals surface area contributed by atoms with Crippen molar-refractivity contribution in [1.82, 2.24) is 9.97 Å². The van der Waals surface area contributed by atoms with Crippen molar-refractivity contribution in [2.24, 2.45) is 0 Å². The van der Waals surface area contributed by atoms with Crippen molar-refractivity contribution in [3.05, 3.63) is 46.9 Å². The van der Waals surface area contributed by atoms with Gasteiger partial charge in [0.2, 0.25) is 0 Å². The van der Waals surface area contributed by atoms with Crippen molar-refractivity contribution in [2.45, 2.75) is 19.9 Å². The predicted molar refractivity (Wildman–Crippen MR) is 71.9 cm³/mol. The van der Waals surface area contributed by atoms with Crippen LogP contribution in [0.4, 0.5) is 5.82 Å². The Labute approximate surface area is 111 Å². The van der Waals surface area contributed by atoms with Crippen molar-refractivity contribution in [1.29, 1.82) is 0 Å². The Hall–Kier alpha value is -1.81. The number of benzene rings is 1. The second-order valence-corrected chi connectivity index (χ2v) is 4.22. The van der Waals surface area contributed by atoms with E-state index in [-0.39, 0.29) is 5.75 Å². The molecule has 1 aromatic carbocycles. The molecule has 0 amide bonds. The highest BCUT2D eigenvalue weighted by Crippen LogP contribution is 2.20. The molecule has 2 N–H and O–H groups in total. The minimum atomic E-state index is 0.262. The number of phenols is 1. The van der Waals surface area contributed by atoms with Crippen LogP contribution in [0.15, 0.2) is 30.6 Å². The standard InChI is InChI=1S/C13H14ClN3O/c1-2-11-12(14)16-8-17-13(11)15-7-9-3-5-10(18)6-4-9/h3-6,8,18H,2,7H2,1H3,(H,15,16,17). The molecule has 5 heteroatoms. The van der Waals surface area contributed by atoms with Gasteiger partial charge in [-0.05, 0) is 24.1 Å². The molecular formula is C13H14ClN3O. The average molecular weight is 264 g/mol. The number of nitrogens with zero attached hydrogens (tertiary/aromatic N) is 2. The summed E-state index contributed by atoms with van der Waals surface area (Å²) in [6.45, 7) is 2.64. The Kier molecular flexibility index (Phi) is 3.99. The van der Waals surface area contributed by atoms with Gasteiger partial charge < -0.3 is 10.4 Å². The van der Waals surface area contributed by atoms with Crippen LogP contribution < -0.4 is 5.32 Å². The number of rotatable bonds is 4. The van der Waals surface area contributed by atoms with Crippen molar-refractivity contribution in [3.63, 3.8) is 0 Å². The topological polar surface area (TPSA) is 58.0 Å². The maximum Gasteiger partial charge on any atom is 0.137 e. The number of aromatic hydroxyl groups is 1. The van der Waals surface area contributed by atoms with Gasteiger partial charge in [-0.3, -0.25) is 0 Å². The van der Waals surface area contributed by atoms with E-state index >= 15 is 0 Å². The summed E-state index contributed by atoms with van der Waals surface area (Å²) in [6.07, 6.45) is 2.22. The first kappa shape index (κ1) is 12.6. The summed E-state index contributed by atoms with van der Waals surface area (Å²) in [6, 6.07) is 7.03. The molecule has 94 valence electrons. The van der Waals surface area contributed by atoms with Crippen LogP contribution in [0.25, 0.3) is 0 Å². The fraction of sp³-hybridized carbons (Fsp3) is 0.231. The molecule has 0 bridgehead atoms. The summed E-state index contributed by atoms with van der Waals surface area (Å²) in [5.74, 6) is 1.02. The second-order valence-electron chi connectivity index (χ2n) is 3.87. The zero-order chi connectivity index (χ0) is 13.0. The molecule has 2 rings (SSSR count). The van der Waals surface area contributed by atoms with Crippen LogP contribution in [0.1, 0.15) is 18.1 Å². The normalized spacial score (nSPS) is 10.3. The lowest BCUT2D eigenvalue weighted by molar-refractivity contribution is 0.475. The van der Waals surface area contributed by atoms with Crippen molar-refractivity contribution in [3.8, 4) is 5.75 Å². The summed E-state index contributed by atoms with van der Waals surface area (Å²) >= 11 is 6.01. The minimum Gasteiger partial charge on any atom is -0.508 e. The molecule has 1 aromatic heterocycles. The van der Waals surface area contributed by atoms with Gasteiger partial charge in [0.25, 0.3) is 0 Å². The number of anilines is 1. The number of aromatic nitrogens is 2. The van der Waals surface area contributed by atoms with Crippen molar-refractivity contribution >= 4 is 17.4 Å². The van der Waals surface area contributed by atoms with Gasteiger partial charge in [-0.15, -0.1) is 0 Å². The maximum atomic E-state index is 9.20. The molecule has 2 aromatic rings. The lowest BCUT2D eigenvalue weighted by Gasteiger charge is -2.10. The first-order valence-corrected chi connectivity index (χ1v) is 6.09. The molecule has 0 spiro atoms. The maximum absolute atomic E-state index is 9.20. The van der Waals surface area contributed by atoms with Crippen LogP contribution in [-0.4, -0.2) is 15.1 Å². The van der Waals surface area contributed by atoms with Crippen LogP contribution in [0, 0.1) is 0 Å². The summed E-state index contributed by atoms with van der Waals surface area (Å²) in [5, 5.41) is 12.9. The van der Waals surface area contributed by atoms with Gasteiger partial charge in [-0.2, -0.15) is 0 Å². The average Bonchev–Trinajstić information content (AvgIpc) is 2.38. The van der Waals surface area contributed by atoms with Gasteiger partial charge in [0.15, 0.2) is 0 Å².